The molecule has 0 aliphatic rings. The molecule has 10 nitrogen and oxygen atoms in total. The van der Waals surface area contributed by atoms with E-state index in [2.05, 4.69) is 27.4 Å². The van der Waals surface area contributed by atoms with E-state index >= 15 is 0 Å². The number of ether oxygens (including phenoxy) is 4. The summed E-state index contributed by atoms with van der Waals surface area (Å²) >= 11 is 0. The molecule has 0 aromatic heterocycles. The van der Waals surface area contributed by atoms with Crippen LogP contribution in [0.2, 0.25) is 0 Å². The lowest BCUT2D eigenvalue weighted by atomic mass is 10.1. The zero-order valence-corrected chi connectivity index (χ0v) is 22.3. The van der Waals surface area contributed by atoms with Gasteiger partial charge in [-0.3, -0.25) is 0 Å². The maximum Gasteiger partial charge on any atom is 0.330 e. The molecule has 0 aliphatic carbocycles. The van der Waals surface area contributed by atoms with Crippen molar-refractivity contribution in [1.29, 1.82) is 0 Å². The van der Waals surface area contributed by atoms with Crippen molar-refractivity contribution in [3.63, 3.8) is 0 Å². The molecule has 0 unspecified atom stereocenters. The van der Waals surface area contributed by atoms with Gasteiger partial charge in [-0.2, -0.15) is 0 Å². The first-order valence-electron chi connectivity index (χ1n) is 11.8. The first kappa shape index (κ1) is 37.4. The van der Waals surface area contributed by atoms with Crippen molar-refractivity contribution in [2.24, 2.45) is 11.5 Å². The summed E-state index contributed by atoms with van der Waals surface area (Å²) in [4.78, 5) is 10.5. The Bertz CT molecular complexity index is 445. The molecule has 10 heteroatoms. The molecule has 0 fully saturated rings. The fraction of sp³-hybridized carbons (Fsp3) is 0.875. The van der Waals surface area contributed by atoms with E-state index in [0.717, 1.165) is 45.2 Å². The zero-order valence-electron chi connectivity index (χ0n) is 22.3. The monoisotopic (exact) mass is 496 g/mol. The summed E-state index contributed by atoms with van der Waals surface area (Å²) in [6, 6.07) is 0. The summed E-state index contributed by atoms with van der Waals surface area (Å²) in [5, 5.41) is 25.0. The molecule has 0 bridgehead atoms. The molecule has 0 heterocycles. The number of hydrogen-bond acceptors (Lipinski definition) is 10. The number of nitrogens with two attached hydrogens (primary N) is 2. The van der Waals surface area contributed by atoms with Crippen LogP contribution in [0, 0.1) is 0 Å². The molecular weight excluding hydrogens is 444 g/mol. The molecule has 0 amide bonds. The van der Waals surface area contributed by atoms with Gasteiger partial charge in [0.2, 0.25) is 0 Å². The lowest BCUT2D eigenvalue weighted by Crippen LogP contribution is -2.53. The van der Waals surface area contributed by atoms with Crippen LogP contribution in [0.5, 0.6) is 0 Å². The molecule has 0 saturated heterocycles. The van der Waals surface area contributed by atoms with Crippen LogP contribution in [0.1, 0.15) is 60.8 Å². The first-order valence-corrected chi connectivity index (χ1v) is 11.8. The Morgan fingerprint density at radius 3 is 1.24 bits per heavy atom. The maximum atomic E-state index is 10.5. The maximum absolute atomic E-state index is 10.5. The molecule has 34 heavy (non-hydrogen) atoms. The van der Waals surface area contributed by atoms with Crippen molar-refractivity contribution in [3.05, 3.63) is 12.7 Å². The fourth-order valence-electron chi connectivity index (χ4n) is 1.88. The van der Waals surface area contributed by atoms with Gasteiger partial charge >= 0.3 is 5.97 Å². The van der Waals surface area contributed by atoms with Crippen LogP contribution >= 0.6 is 0 Å². The van der Waals surface area contributed by atoms with Crippen molar-refractivity contribution in [3.8, 4) is 0 Å². The number of rotatable bonds is 16. The fourth-order valence-corrected chi connectivity index (χ4v) is 1.88. The standard InChI is InChI=1S/C13H29NO3.C7H12O2.C4H11NO3/c1-4-7-15-10-13(14,11-16-8-5-2)12-17-9-6-3;1-5-6(8)9-7(2,3)4;5-4(1-6,2-7)3-8/h4-12,14H2,1-3H3;5H,1H2,2-4H3;6-8H,1-3,5H2. The van der Waals surface area contributed by atoms with E-state index in [1.165, 1.54) is 0 Å². The second kappa shape index (κ2) is 22.4. The second-order valence-electron chi connectivity index (χ2n) is 9.09. The van der Waals surface area contributed by atoms with E-state index in [-0.39, 0.29) is 5.97 Å². The highest BCUT2D eigenvalue weighted by Gasteiger charge is 2.26. The van der Waals surface area contributed by atoms with Crippen LogP contribution in [0.25, 0.3) is 0 Å². The molecule has 7 N–H and O–H groups in total. The average Bonchev–Trinajstić information content (AvgIpc) is 2.79. The Labute approximate surface area is 206 Å². The largest absolute Gasteiger partial charge is 0.457 e. The van der Waals surface area contributed by atoms with E-state index < -0.39 is 36.5 Å². The lowest BCUT2D eigenvalue weighted by molar-refractivity contribution is -0.148. The highest BCUT2D eigenvalue weighted by Crippen LogP contribution is 2.07. The summed E-state index contributed by atoms with van der Waals surface area (Å²) in [5.74, 6) is -0.373. The third-order valence-corrected chi connectivity index (χ3v) is 3.73. The number of carbonyl (C=O) groups excluding carboxylic acids is 1. The summed E-state index contributed by atoms with van der Waals surface area (Å²) < 4.78 is 21.4. The molecule has 0 atom stereocenters. The van der Waals surface area contributed by atoms with Crippen LogP contribution in [-0.4, -0.2) is 97.4 Å². The number of carbonyl (C=O) groups is 1. The molecule has 0 rings (SSSR count). The summed E-state index contributed by atoms with van der Waals surface area (Å²) in [7, 11) is 0. The number of hydrogen-bond donors (Lipinski definition) is 5. The molecule has 0 aromatic carbocycles. The third kappa shape index (κ3) is 25.5. The van der Waals surface area contributed by atoms with Gasteiger partial charge in [0.15, 0.2) is 0 Å². The highest BCUT2D eigenvalue weighted by molar-refractivity contribution is 5.81. The molecular formula is C24H52N2O8. The van der Waals surface area contributed by atoms with Gasteiger partial charge in [0.25, 0.3) is 0 Å². The number of aliphatic hydroxyl groups is 3. The van der Waals surface area contributed by atoms with Gasteiger partial charge in [0.1, 0.15) is 5.60 Å². The smallest absolute Gasteiger partial charge is 0.330 e. The van der Waals surface area contributed by atoms with Crippen molar-refractivity contribution in [1.82, 2.24) is 0 Å². The van der Waals surface area contributed by atoms with Crippen LogP contribution < -0.4 is 11.5 Å². The van der Waals surface area contributed by atoms with Gasteiger partial charge in [-0.05, 0) is 40.0 Å². The van der Waals surface area contributed by atoms with Gasteiger partial charge in [0.05, 0.1) is 50.7 Å². The molecule has 206 valence electrons. The Balaban J connectivity index is -0.000000474. The molecule has 0 spiro atoms. The number of esters is 1. The van der Waals surface area contributed by atoms with Crippen LogP contribution in [0.4, 0.5) is 0 Å². The van der Waals surface area contributed by atoms with Crippen LogP contribution in [0.15, 0.2) is 12.7 Å². The van der Waals surface area contributed by atoms with Crippen LogP contribution in [0.3, 0.4) is 0 Å². The number of aliphatic hydroxyl groups excluding tert-OH is 3. The summed E-state index contributed by atoms with van der Waals surface area (Å²) in [6.07, 6.45) is 4.16. The van der Waals surface area contributed by atoms with Crippen molar-refractivity contribution in [2.75, 3.05) is 59.5 Å². The minimum Gasteiger partial charge on any atom is -0.457 e. The van der Waals surface area contributed by atoms with Crippen molar-refractivity contribution in [2.45, 2.75) is 77.5 Å². The van der Waals surface area contributed by atoms with Gasteiger partial charge in [-0.25, -0.2) is 4.79 Å². The highest BCUT2D eigenvalue weighted by atomic mass is 16.6. The summed E-state index contributed by atoms with van der Waals surface area (Å²) in [5.41, 5.74) is 9.27. The minimum atomic E-state index is -1.21. The predicted molar refractivity (Wildman–Crippen MR) is 134 cm³/mol. The van der Waals surface area contributed by atoms with E-state index in [1.54, 1.807) is 0 Å². The topological polar surface area (TPSA) is 167 Å². The van der Waals surface area contributed by atoms with Gasteiger partial charge in [0, 0.05) is 25.9 Å². The van der Waals surface area contributed by atoms with Gasteiger partial charge < -0.3 is 45.7 Å². The minimum absolute atomic E-state index is 0.373. The molecule has 0 aliphatic heterocycles. The van der Waals surface area contributed by atoms with E-state index in [4.69, 9.17) is 45.7 Å². The normalized spacial score (nSPS) is 11.6. The van der Waals surface area contributed by atoms with Gasteiger partial charge in [-0.1, -0.05) is 27.4 Å². The second-order valence-corrected chi connectivity index (χ2v) is 9.09. The molecule has 0 aromatic rings. The molecule has 0 saturated carbocycles. The molecule has 0 radical (unpaired) electrons. The SMILES string of the molecule is C=CC(=O)OC(C)(C)C.CCCOCC(N)(COCCC)COCCC.NC(CO)(CO)CO. The third-order valence-electron chi connectivity index (χ3n) is 3.73. The summed E-state index contributed by atoms with van der Waals surface area (Å²) in [6.45, 7) is 17.4. The Morgan fingerprint density at radius 1 is 0.765 bits per heavy atom. The van der Waals surface area contributed by atoms with Crippen molar-refractivity contribution >= 4 is 5.97 Å². The lowest BCUT2D eigenvalue weighted by Gasteiger charge is -2.28. The van der Waals surface area contributed by atoms with E-state index in [9.17, 15) is 4.79 Å². The Kier molecular flexibility index (Phi) is 24.6. The first-order chi connectivity index (χ1) is 15.8. The predicted octanol–water partition coefficient (Wildman–Crippen LogP) is 1.14. The zero-order chi connectivity index (χ0) is 27.1. The van der Waals surface area contributed by atoms with E-state index in [0.29, 0.717) is 19.8 Å². The van der Waals surface area contributed by atoms with Crippen molar-refractivity contribution < 1.29 is 39.1 Å². The quantitative estimate of drug-likeness (QED) is 0.119. The van der Waals surface area contributed by atoms with E-state index in [1.807, 2.05) is 20.8 Å². The Hall–Kier alpha value is -1.11. The van der Waals surface area contributed by atoms with Crippen LogP contribution in [-0.2, 0) is 23.7 Å². The Morgan fingerprint density at radius 2 is 1.09 bits per heavy atom. The van der Waals surface area contributed by atoms with Gasteiger partial charge in [-0.15, -0.1) is 0 Å². The average molecular weight is 497 g/mol.